The Bertz CT molecular complexity index is 951. The van der Waals surface area contributed by atoms with Crippen molar-refractivity contribution < 1.29 is 28.2 Å². The van der Waals surface area contributed by atoms with Gasteiger partial charge in [0.2, 0.25) is 5.82 Å². The van der Waals surface area contributed by atoms with E-state index < -0.39 is 17.8 Å². The van der Waals surface area contributed by atoms with Gasteiger partial charge in [-0.1, -0.05) is 6.07 Å². The Balaban J connectivity index is 0.000000186. The van der Waals surface area contributed by atoms with E-state index in [9.17, 15) is 14.0 Å². The predicted molar refractivity (Wildman–Crippen MR) is 116 cm³/mol. The second-order valence-corrected chi connectivity index (χ2v) is 7.82. The molecule has 32 heavy (non-hydrogen) atoms. The minimum Gasteiger partial charge on any atom is -0.494 e. The number of halogens is 1. The first-order valence-electron chi connectivity index (χ1n) is 10.5. The van der Waals surface area contributed by atoms with E-state index in [1.54, 1.807) is 24.3 Å². The van der Waals surface area contributed by atoms with Gasteiger partial charge in [0.1, 0.15) is 11.8 Å². The van der Waals surface area contributed by atoms with Crippen LogP contribution < -0.4 is 20.5 Å². The van der Waals surface area contributed by atoms with Crippen LogP contribution in [0.1, 0.15) is 43.1 Å². The predicted octanol–water partition coefficient (Wildman–Crippen LogP) is 3.31. The second-order valence-electron chi connectivity index (χ2n) is 7.82. The number of nitrogens with two attached hydrogens (primary N) is 1. The highest BCUT2D eigenvalue weighted by Crippen LogP contribution is 2.31. The summed E-state index contributed by atoms with van der Waals surface area (Å²) < 4.78 is 29.1. The van der Waals surface area contributed by atoms with Crippen LogP contribution in [0.25, 0.3) is 0 Å². The van der Waals surface area contributed by atoms with Crippen molar-refractivity contribution in [1.29, 1.82) is 0 Å². The number of nitrogens with zero attached hydrogens (tertiary/aromatic N) is 1. The van der Waals surface area contributed by atoms with Gasteiger partial charge in [0.05, 0.1) is 19.8 Å². The molecule has 172 valence electrons. The summed E-state index contributed by atoms with van der Waals surface area (Å²) in [5.41, 5.74) is 5.73. The van der Waals surface area contributed by atoms with Crippen molar-refractivity contribution in [3.8, 4) is 11.5 Å². The first-order valence-corrected chi connectivity index (χ1v) is 10.5. The molecule has 2 amide bonds. The van der Waals surface area contributed by atoms with E-state index in [0.717, 1.165) is 6.42 Å². The number of nitrogens with one attached hydrogen (secondary N) is 1. The minimum absolute atomic E-state index is 0.111. The zero-order valence-corrected chi connectivity index (χ0v) is 18.2. The average Bonchev–Trinajstić information content (AvgIpc) is 3.51. The molecule has 0 radical (unpaired) electrons. The molecule has 1 aromatic carbocycles. The molecule has 8 nitrogen and oxygen atoms in total. The van der Waals surface area contributed by atoms with Gasteiger partial charge in [-0.2, -0.15) is 4.39 Å². The molecule has 1 aliphatic heterocycles. The van der Waals surface area contributed by atoms with Gasteiger partial charge in [-0.15, -0.1) is 0 Å². The molecule has 1 saturated carbocycles. The van der Waals surface area contributed by atoms with Gasteiger partial charge < -0.3 is 25.3 Å². The average molecular weight is 445 g/mol. The number of rotatable bonds is 7. The number of benzene rings is 1. The molecular formula is C23H28FN3O5. The lowest BCUT2D eigenvalue weighted by molar-refractivity contribution is -0.126. The highest BCUT2D eigenvalue weighted by Gasteiger charge is 2.28. The van der Waals surface area contributed by atoms with E-state index in [4.69, 9.17) is 19.9 Å². The Morgan fingerprint density at radius 2 is 1.97 bits per heavy atom. The lowest BCUT2D eigenvalue weighted by Crippen LogP contribution is -2.28. The maximum Gasteiger partial charge on any atom is 0.267 e. The van der Waals surface area contributed by atoms with Crippen molar-refractivity contribution in [1.82, 2.24) is 4.98 Å². The van der Waals surface area contributed by atoms with Crippen molar-refractivity contribution in [2.75, 3.05) is 19.0 Å². The highest BCUT2D eigenvalue weighted by molar-refractivity contribution is 5.96. The smallest absolute Gasteiger partial charge is 0.267 e. The van der Waals surface area contributed by atoms with Crippen LogP contribution in [-0.2, 0) is 9.53 Å². The number of aromatic nitrogens is 1. The summed E-state index contributed by atoms with van der Waals surface area (Å²) in [7, 11) is 1.45. The Hall–Kier alpha value is -3.20. The Morgan fingerprint density at radius 1 is 1.22 bits per heavy atom. The van der Waals surface area contributed by atoms with Gasteiger partial charge in [0, 0.05) is 11.9 Å². The van der Waals surface area contributed by atoms with Gasteiger partial charge in [-0.3, -0.25) is 14.6 Å². The largest absolute Gasteiger partial charge is 0.494 e. The third kappa shape index (κ3) is 6.65. The molecule has 2 aliphatic rings. The minimum atomic E-state index is -0.628. The number of carbonyl (C=O) groups excluding carboxylic acids is 2. The molecule has 0 bridgehead atoms. The molecule has 3 N–H and O–H groups in total. The number of carbonyl (C=O) groups is 2. The topological polar surface area (TPSA) is 113 Å². The normalized spacial score (nSPS) is 19.5. The molecule has 1 saturated heterocycles. The van der Waals surface area contributed by atoms with Crippen LogP contribution in [-0.4, -0.2) is 42.7 Å². The Kier molecular flexibility index (Phi) is 7.99. The molecule has 9 heteroatoms. The first kappa shape index (κ1) is 23.5. The fourth-order valence-electron chi connectivity index (χ4n) is 3.11. The van der Waals surface area contributed by atoms with Crippen molar-refractivity contribution >= 4 is 17.5 Å². The molecule has 2 heterocycles. The summed E-state index contributed by atoms with van der Waals surface area (Å²) in [5.74, 6) is -0.0939. The fourth-order valence-corrected chi connectivity index (χ4v) is 3.11. The third-order valence-corrected chi connectivity index (χ3v) is 5.12. The summed E-state index contributed by atoms with van der Waals surface area (Å²) in [4.78, 5) is 26.6. The molecule has 0 spiro atoms. The number of methoxy groups -OCH3 is 1. The number of ether oxygens (including phenoxy) is 3. The van der Waals surface area contributed by atoms with Crippen molar-refractivity contribution in [2.24, 2.45) is 11.7 Å². The summed E-state index contributed by atoms with van der Waals surface area (Å²) in [6.07, 6.45) is 5.09. The lowest BCUT2D eigenvalue weighted by Gasteiger charge is -2.11. The van der Waals surface area contributed by atoms with Crippen LogP contribution in [0.15, 0.2) is 36.5 Å². The number of amides is 2. The van der Waals surface area contributed by atoms with E-state index in [1.807, 2.05) is 6.92 Å². The van der Waals surface area contributed by atoms with E-state index in [2.05, 4.69) is 10.3 Å². The molecule has 4 rings (SSSR count). The number of pyridine rings is 1. The quantitative estimate of drug-likeness (QED) is 0.676. The fraction of sp³-hybridized carbons (Fsp3) is 0.435. The maximum absolute atomic E-state index is 13.5. The number of hydrogen-bond donors (Lipinski definition) is 2. The molecule has 1 aliphatic carbocycles. The Morgan fingerprint density at radius 3 is 2.59 bits per heavy atom. The summed E-state index contributed by atoms with van der Waals surface area (Å²) in [6, 6.07) is 7.98. The van der Waals surface area contributed by atoms with Crippen LogP contribution in [0.4, 0.5) is 10.1 Å². The highest BCUT2D eigenvalue weighted by atomic mass is 19.1. The summed E-state index contributed by atoms with van der Waals surface area (Å²) >= 11 is 0. The zero-order chi connectivity index (χ0) is 23.1. The van der Waals surface area contributed by atoms with Gasteiger partial charge in [-0.05, 0) is 62.8 Å². The van der Waals surface area contributed by atoms with Crippen LogP contribution in [0, 0.1) is 11.7 Å². The molecule has 2 unspecified atom stereocenters. The maximum atomic E-state index is 13.5. The van der Waals surface area contributed by atoms with Crippen molar-refractivity contribution in [3.05, 3.63) is 48.0 Å². The molecule has 2 aromatic rings. The number of primary amides is 1. The summed E-state index contributed by atoms with van der Waals surface area (Å²) in [6.45, 7) is 2.55. The van der Waals surface area contributed by atoms with Crippen LogP contribution in [0.2, 0.25) is 0 Å². The van der Waals surface area contributed by atoms with Gasteiger partial charge >= 0.3 is 0 Å². The standard InChI is InChI=1S/C12H15N3O3.C11H13FO2/c1-7-2-3-10(18-7)12(17)15-8-4-5-14-9(6-8)11(13)16;1-13-9-3-2-4-10(11(9)12)14-7-8-5-6-8/h4-7,10H,2-3H2,1H3,(H2,13,16)(H,14,15,17);2-4,8H,5-7H2,1H3. The Labute approximate surface area is 186 Å². The van der Waals surface area contributed by atoms with E-state index in [-0.39, 0.29) is 29.2 Å². The lowest BCUT2D eigenvalue weighted by atomic mass is 10.2. The zero-order valence-electron chi connectivity index (χ0n) is 18.2. The SMILES string of the molecule is CC1CCC(C(=O)Nc2ccnc(C(N)=O)c2)O1.COc1cccc(OCC2CC2)c1F. The van der Waals surface area contributed by atoms with Crippen LogP contribution in [0.5, 0.6) is 11.5 Å². The number of hydrogen-bond acceptors (Lipinski definition) is 6. The van der Waals surface area contributed by atoms with Gasteiger partial charge in [0.15, 0.2) is 11.5 Å². The van der Waals surface area contributed by atoms with Crippen LogP contribution in [0.3, 0.4) is 0 Å². The molecule has 2 atom stereocenters. The molecule has 2 fully saturated rings. The summed E-state index contributed by atoms with van der Waals surface area (Å²) in [5, 5.41) is 2.69. The van der Waals surface area contributed by atoms with Crippen LogP contribution >= 0.6 is 0 Å². The first-order chi connectivity index (χ1) is 15.4. The second kappa shape index (κ2) is 10.9. The van der Waals surface area contributed by atoms with E-state index in [1.165, 1.54) is 32.2 Å². The van der Waals surface area contributed by atoms with Crippen molar-refractivity contribution in [2.45, 2.75) is 44.8 Å². The number of anilines is 1. The van der Waals surface area contributed by atoms with Gasteiger partial charge in [0.25, 0.3) is 11.8 Å². The molecular weight excluding hydrogens is 417 g/mol. The molecule has 1 aromatic heterocycles. The van der Waals surface area contributed by atoms with Crippen molar-refractivity contribution in [3.63, 3.8) is 0 Å². The monoisotopic (exact) mass is 445 g/mol. The third-order valence-electron chi connectivity index (χ3n) is 5.12. The van der Waals surface area contributed by atoms with E-state index >= 15 is 0 Å². The van der Waals surface area contributed by atoms with Gasteiger partial charge in [-0.25, -0.2) is 0 Å². The van der Waals surface area contributed by atoms with E-state index in [0.29, 0.717) is 24.6 Å².